The van der Waals surface area contributed by atoms with Gasteiger partial charge < -0.3 is 5.32 Å². The lowest BCUT2D eigenvalue weighted by Gasteiger charge is -2.13. The van der Waals surface area contributed by atoms with Gasteiger partial charge in [0.15, 0.2) is 0 Å². The summed E-state index contributed by atoms with van der Waals surface area (Å²) in [6.45, 7) is 11.9. The van der Waals surface area contributed by atoms with Crippen molar-refractivity contribution in [2.75, 3.05) is 6.54 Å². The molecule has 0 spiro atoms. The molecular formula is C35H61N. The summed E-state index contributed by atoms with van der Waals surface area (Å²) in [6, 6.07) is 8.69. The fourth-order valence-electron chi connectivity index (χ4n) is 5.25. The van der Waals surface area contributed by atoms with Crippen LogP contribution < -0.4 is 5.32 Å². The molecule has 0 aromatic heterocycles. The van der Waals surface area contributed by atoms with Crippen LogP contribution in [0.3, 0.4) is 0 Å². The Morgan fingerprint density at radius 2 is 1.11 bits per heavy atom. The number of hydrogen-bond acceptors (Lipinski definition) is 1. The molecule has 0 aliphatic rings. The summed E-state index contributed by atoms with van der Waals surface area (Å²) < 4.78 is 0. The van der Waals surface area contributed by atoms with Crippen molar-refractivity contribution in [2.45, 2.75) is 156 Å². The Bertz CT molecular complexity index is 671. The van der Waals surface area contributed by atoms with E-state index < -0.39 is 0 Å². The summed E-state index contributed by atoms with van der Waals surface area (Å²) in [7, 11) is 0. The Kier molecular flexibility index (Phi) is 21.6. The van der Waals surface area contributed by atoms with E-state index in [1.54, 1.807) is 0 Å². The first-order chi connectivity index (χ1) is 17.7. The standard InChI is InChI=1S/C35H61N/c1-5-7-8-9-10-11-12-13-14-15-16-17-18-19-20-21-22-23-24-28-33(4)36-31-30-34(6-2)35-29-26-25-27-32(35)3/h6,25-27,29,36H,4-5,7-24,28,30-31H2,1-3H3/b34-6-. The van der Waals surface area contributed by atoms with Crippen molar-refractivity contribution in [3.8, 4) is 0 Å². The monoisotopic (exact) mass is 495 g/mol. The second kappa shape index (κ2) is 23.9. The number of unbranched alkanes of at least 4 members (excludes halogenated alkanes) is 18. The Morgan fingerprint density at radius 1 is 0.667 bits per heavy atom. The second-order valence-electron chi connectivity index (χ2n) is 11.0. The normalized spacial score (nSPS) is 11.7. The number of rotatable bonds is 25. The van der Waals surface area contributed by atoms with Crippen LogP contribution >= 0.6 is 0 Å². The van der Waals surface area contributed by atoms with E-state index in [1.165, 1.54) is 144 Å². The molecule has 1 rings (SSSR count). The van der Waals surface area contributed by atoms with E-state index in [2.05, 4.69) is 63.0 Å². The van der Waals surface area contributed by atoms with Gasteiger partial charge >= 0.3 is 0 Å². The molecule has 1 aromatic carbocycles. The number of aryl methyl sites for hydroxylation is 1. The van der Waals surface area contributed by atoms with E-state index >= 15 is 0 Å². The zero-order chi connectivity index (χ0) is 26.1. The summed E-state index contributed by atoms with van der Waals surface area (Å²) in [5, 5.41) is 3.56. The Balaban J connectivity index is 1.84. The van der Waals surface area contributed by atoms with E-state index in [-0.39, 0.29) is 0 Å². The van der Waals surface area contributed by atoms with E-state index in [0.717, 1.165) is 19.4 Å². The molecular weight excluding hydrogens is 434 g/mol. The maximum absolute atomic E-state index is 4.25. The van der Waals surface area contributed by atoms with Crippen molar-refractivity contribution < 1.29 is 0 Å². The van der Waals surface area contributed by atoms with Crippen molar-refractivity contribution in [2.24, 2.45) is 0 Å². The van der Waals surface area contributed by atoms with Gasteiger partial charge in [0.1, 0.15) is 0 Å². The minimum absolute atomic E-state index is 0.978. The molecule has 0 bridgehead atoms. The molecule has 0 radical (unpaired) electrons. The lowest BCUT2D eigenvalue weighted by Crippen LogP contribution is -2.14. The van der Waals surface area contributed by atoms with Crippen LogP contribution in [0.1, 0.15) is 160 Å². The molecule has 1 aromatic rings. The molecule has 0 heterocycles. The van der Waals surface area contributed by atoms with Crippen LogP contribution in [0.4, 0.5) is 0 Å². The maximum atomic E-state index is 4.25. The highest BCUT2D eigenvalue weighted by Crippen LogP contribution is 2.21. The minimum Gasteiger partial charge on any atom is -0.388 e. The fraction of sp³-hybridized carbons (Fsp3) is 0.714. The lowest BCUT2D eigenvalue weighted by atomic mass is 9.98. The lowest BCUT2D eigenvalue weighted by molar-refractivity contribution is 0.522. The molecule has 36 heavy (non-hydrogen) atoms. The summed E-state index contributed by atoms with van der Waals surface area (Å²) >= 11 is 0. The number of allylic oxidation sites excluding steroid dienone is 2. The van der Waals surface area contributed by atoms with E-state index in [1.807, 2.05) is 0 Å². The summed E-state index contributed by atoms with van der Waals surface area (Å²) in [5.41, 5.74) is 5.38. The van der Waals surface area contributed by atoms with Gasteiger partial charge in [-0.05, 0) is 49.8 Å². The third-order valence-corrected chi connectivity index (χ3v) is 7.69. The summed E-state index contributed by atoms with van der Waals surface area (Å²) in [6.07, 6.45) is 31.7. The van der Waals surface area contributed by atoms with Gasteiger partial charge in [-0.15, -0.1) is 0 Å². The molecule has 1 N–H and O–H groups in total. The van der Waals surface area contributed by atoms with Crippen molar-refractivity contribution in [1.29, 1.82) is 0 Å². The zero-order valence-electron chi connectivity index (χ0n) is 24.7. The Labute approximate surface area is 226 Å². The topological polar surface area (TPSA) is 12.0 Å². The third kappa shape index (κ3) is 17.9. The van der Waals surface area contributed by atoms with Crippen molar-refractivity contribution in [3.05, 3.63) is 53.7 Å². The molecule has 0 unspecified atom stereocenters. The predicted molar refractivity (Wildman–Crippen MR) is 165 cm³/mol. The van der Waals surface area contributed by atoms with Crippen LogP contribution in [0.25, 0.3) is 5.57 Å². The summed E-state index contributed by atoms with van der Waals surface area (Å²) in [4.78, 5) is 0. The Morgan fingerprint density at radius 3 is 1.56 bits per heavy atom. The number of nitrogens with one attached hydrogen (secondary N) is 1. The molecule has 0 amide bonds. The van der Waals surface area contributed by atoms with Gasteiger partial charge in [-0.1, -0.05) is 159 Å². The van der Waals surface area contributed by atoms with Gasteiger partial charge in [0.25, 0.3) is 0 Å². The van der Waals surface area contributed by atoms with Gasteiger partial charge in [0.05, 0.1) is 0 Å². The van der Waals surface area contributed by atoms with Crippen LogP contribution in [0.15, 0.2) is 42.6 Å². The highest BCUT2D eigenvalue weighted by atomic mass is 14.9. The molecule has 0 aliphatic heterocycles. The van der Waals surface area contributed by atoms with Crippen LogP contribution in [-0.4, -0.2) is 6.54 Å². The highest BCUT2D eigenvalue weighted by molar-refractivity contribution is 5.67. The molecule has 206 valence electrons. The summed E-state index contributed by atoms with van der Waals surface area (Å²) in [5.74, 6) is 0. The molecule has 0 atom stereocenters. The second-order valence-corrected chi connectivity index (χ2v) is 11.0. The van der Waals surface area contributed by atoms with Crippen molar-refractivity contribution in [1.82, 2.24) is 5.32 Å². The van der Waals surface area contributed by atoms with Crippen molar-refractivity contribution >= 4 is 5.57 Å². The largest absolute Gasteiger partial charge is 0.388 e. The van der Waals surface area contributed by atoms with Crippen LogP contribution in [0, 0.1) is 6.92 Å². The molecule has 0 saturated carbocycles. The average molecular weight is 496 g/mol. The average Bonchev–Trinajstić information content (AvgIpc) is 2.88. The number of hydrogen-bond donors (Lipinski definition) is 1. The van der Waals surface area contributed by atoms with Gasteiger partial charge in [0, 0.05) is 12.2 Å². The van der Waals surface area contributed by atoms with E-state index in [9.17, 15) is 0 Å². The number of benzene rings is 1. The molecule has 0 aliphatic carbocycles. The smallest absolute Gasteiger partial charge is 0.0184 e. The zero-order valence-corrected chi connectivity index (χ0v) is 24.7. The van der Waals surface area contributed by atoms with Crippen molar-refractivity contribution in [3.63, 3.8) is 0 Å². The quantitative estimate of drug-likeness (QED) is 0.133. The van der Waals surface area contributed by atoms with Gasteiger partial charge in [0.2, 0.25) is 0 Å². The van der Waals surface area contributed by atoms with Crippen LogP contribution in [0.2, 0.25) is 0 Å². The van der Waals surface area contributed by atoms with Crippen LogP contribution in [0.5, 0.6) is 0 Å². The molecule has 1 heteroatoms. The molecule has 0 fully saturated rings. The van der Waals surface area contributed by atoms with Gasteiger partial charge in [-0.3, -0.25) is 0 Å². The molecule has 0 saturated heterocycles. The first-order valence-corrected chi connectivity index (χ1v) is 15.8. The Hall–Kier alpha value is -1.50. The SMILES string of the molecule is C=C(CCCCCCCCCCCCCCCCCCCCC)NCC/C(=C/C)c1ccccc1C. The predicted octanol–water partition coefficient (Wildman–Crippen LogP) is 11.7. The van der Waals surface area contributed by atoms with Gasteiger partial charge in [-0.25, -0.2) is 0 Å². The molecule has 1 nitrogen and oxygen atoms in total. The maximum Gasteiger partial charge on any atom is 0.0184 e. The third-order valence-electron chi connectivity index (χ3n) is 7.69. The minimum atomic E-state index is 0.978. The first-order valence-electron chi connectivity index (χ1n) is 15.8. The van der Waals surface area contributed by atoms with E-state index in [0.29, 0.717) is 0 Å². The fourth-order valence-corrected chi connectivity index (χ4v) is 5.25. The first kappa shape index (κ1) is 32.5. The van der Waals surface area contributed by atoms with E-state index in [4.69, 9.17) is 0 Å². The van der Waals surface area contributed by atoms with Gasteiger partial charge in [-0.2, -0.15) is 0 Å². The van der Waals surface area contributed by atoms with Crippen LogP contribution in [-0.2, 0) is 0 Å². The highest BCUT2D eigenvalue weighted by Gasteiger charge is 2.04.